The molecule has 2 heterocycles. The van der Waals surface area contributed by atoms with Gasteiger partial charge < -0.3 is 4.90 Å². The highest BCUT2D eigenvalue weighted by Crippen LogP contribution is 2.66. The zero-order valence-corrected chi connectivity index (χ0v) is 13.8. The molecule has 0 fully saturated rings. The van der Waals surface area contributed by atoms with Crippen LogP contribution in [0.5, 0.6) is 0 Å². The second-order valence-electron chi connectivity index (χ2n) is 3.84. The van der Waals surface area contributed by atoms with Crippen LogP contribution in [0.25, 0.3) is 0 Å². The van der Waals surface area contributed by atoms with E-state index in [9.17, 15) is 4.79 Å². The van der Waals surface area contributed by atoms with E-state index in [0.717, 1.165) is 32.3 Å². The molecule has 0 aliphatic carbocycles. The summed E-state index contributed by atoms with van der Waals surface area (Å²) in [4.78, 5) is 13.7. The maximum absolute atomic E-state index is 11.8. The third-order valence-corrected chi connectivity index (χ3v) is 12.1. The zero-order valence-electron chi connectivity index (χ0n) is 9.63. The number of hydrogen-bond donors (Lipinski definition) is 0. The minimum atomic E-state index is -0.381. The lowest BCUT2D eigenvalue weighted by atomic mass is 10.1. The number of amides is 1. The maximum atomic E-state index is 11.8. The van der Waals surface area contributed by atoms with Gasteiger partial charge in [0.2, 0.25) is 5.91 Å². The minimum absolute atomic E-state index is 0.174. The fourth-order valence-corrected chi connectivity index (χ4v) is 4.87. The van der Waals surface area contributed by atoms with Crippen LogP contribution in [0.4, 0.5) is 0 Å². The van der Waals surface area contributed by atoms with Gasteiger partial charge in [0.1, 0.15) is 0 Å². The highest BCUT2D eigenvalue weighted by molar-refractivity contribution is 8.60. The number of hydrogen-bond acceptors (Lipinski definition) is 3. The lowest BCUT2D eigenvalue weighted by molar-refractivity contribution is -0.132. The van der Waals surface area contributed by atoms with E-state index in [2.05, 4.69) is 35.1 Å². The summed E-state index contributed by atoms with van der Waals surface area (Å²) in [5.74, 6) is 0.174. The molecule has 0 bridgehead atoms. The fraction of sp³-hybridized carbons (Fsp3) is 0.625. The molecular weight excluding hydrogens is 292 g/mol. The van der Waals surface area contributed by atoms with E-state index in [1.54, 1.807) is 0 Å². The summed E-state index contributed by atoms with van der Waals surface area (Å²) in [5.41, 5.74) is 1.98. The molecule has 1 aliphatic heterocycles. The van der Waals surface area contributed by atoms with E-state index >= 15 is 0 Å². The normalized spacial score (nSPS) is 17.8. The van der Waals surface area contributed by atoms with Gasteiger partial charge in [-0.3, -0.25) is 4.79 Å². The van der Waals surface area contributed by atoms with Crippen molar-refractivity contribution >= 4 is 39.2 Å². The van der Waals surface area contributed by atoms with Crippen molar-refractivity contribution in [1.29, 1.82) is 0 Å². The van der Waals surface area contributed by atoms with Gasteiger partial charge in [-0.25, -0.2) is 4.45 Å². The highest BCUT2D eigenvalue weighted by Gasteiger charge is 2.28. The Balaban J connectivity index is 2.26. The van der Waals surface area contributed by atoms with E-state index in [1.807, 2.05) is 9.35 Å². The molecule has 9 heteroatoms. The van der Waals surface area contributed by atoms with E-state index in [0.29, 0.717) is 13.0 Å². The van der Waals surface area contributed by atoms with Crippen molar-refractivity contribution in [2.75, 3.05) is 6.54 Å². The summed E-state index contributed by atoms with van der Waals surface area (Å²) in [6.45, 7) is 3.57. The standard InChI is InChI=1S/C8H16N4OP4/c1-2-3-11-5-7-6(4-8(11)13)9-10-12(7)17(15)16-14/h16H,2-5,14-15H2,1H3. The summed E-state index contributed by atoms with van der Waals surface area (Å²) in [6, 6.07) is 0. The first kappa shape index (κ1) is 13.8. The molecule has 4 unspecified atom stereocenters. The Hall–Kier alpha value is 0.330. The number of aromatic nitrogens is 3. The molecule has 1 aromatic heterocycles. The number of carbonyl (C=O) groups is 1. The molecule has 94 valence electrons. The van der Waals surface area contributed by atoms with Gasteiger partial charge in [-0.2, -0.15) is 0 Å². The highest BCUT2D eigenvalue weighted by atomic mass is 32.6. The first-order valence-corrected chi connectivity index (χ1v) is 12.0. The van der Waals surface area contributed by atoms with E-state index in [1.165, 1.54) is 0 Å². The van der Waals surface area contributed by atoms with Crippen LogP contribution in [-0.2, 0) is 17.8 Å². The Morgan fingerprint density at radius 1 is 1.59 bits per heavy atom. The molecular formula is C8H16N4OP4. The van der Waals surface area contributed by atoms with Crippen LogP contribution >= 0.6 is 33.3 Å². The van der Waals surface area contributed by atoms with Crippen molar-refractivity contribution in [3.63, 3.8) is 0 Å². The molecule has 17 heavy (non-hydrogen) atoms. The molecule has 4 atom stereocenters. The van der Waals surface area contributed by atoms with Gasteiger partial charge in [0.05, 0.1) is 31.8 Å². The van der Waals surface area contributed by atoms with E-state index < -0.39 is 0 Å². The third kappa shape index (κ3) is 2.85. The average Bonchev–Trinajstić information content (AvgIpc) is 2.72. The van der Waals surface area contributed by atoms with E-state index in [-0.39, 0.29) is 13.4 Å². The Kier molecular flexibility index (Phi) is 4.84. The first-order valence-electron chi connectivity index (χ1n) is 5.40. The Labute approximate surface area is 108 Å². The predicted molar refractivity (Wildman–Crippen MR) is 79.5 cm³/mol. The molecule has 0 saturated carbocycles. The van der Waals surface area contributed by atoms with Crippen LogP contribution in [0.1, 0.15) is 24.7 Å². The minimum Gasteiger partial charge on any atom is -0.336 e. The Morgan fingerprint density at radius 3 is 3.00 bits per heavy atom. The number of fused-ring (bicyclic) bond motifs is 1. The van der Waals surface area contributed by atoms with Crippen LogP contribution in [0, 0.1) is 0 Å². The lowest BCUT2D eigenvalue weighted by Gasteiger charge is -2.27. The van der Waals surface area contributed by atoms with Crippen molar-refractivity contribution in [3.05, 3.63) is 11.4 Å². The molecule has 0 N–H and O–H groups in total. The summed E-state index contributed by atoms with van der Waals surface area (Å²) >= 11 is 0. The second-order valence-corrected chi connectivity index (χ2v) is 12.7. The SMILES string of the molecule is CCCN1Cc2c(nnn2P(P)PP)CC1=O. The van der Waals surface area contributed by atoms with Crippen LogP contribution in [0.2, 0.25) is 0 Å². The molecule has 2 rings (SSSR count). The van der Waals surface area contributed by atoms with Gasteiger partial charge in [0.25, 0.3) is 0 Å². The second kappa shape index (κ2) is 5.98. The molecule has 1 aliphatic rings. The number of carbonyl (C=O) groups excluding carboxylic acids is 1. The smallest absolute Gasteiger partial charge is 0.229 e. The van der Waals surface area contributed by atoms with Crippen molar-refractivity contribution in [1.82, 2.24) is 19.7 Å². The van der Waals surface area contributed by atoms with E-state index in [4.69, 9.17) is 0 Å². The topological polar surface area (TPSA) is 51.0 Å². The lowest BCUT2D eigenvalue weighted by Crippen LogP contribution is -2.37. The molecule has 0 radical (unpaired) electrons. The largest absolute Gasteiger partial charge is 0.336 e. The molecule has 1 aromatic rings. The van der Waals surface area contributed by atoms with Crippen molar-refractivity contribution < 1.29 is 4.79 Å². The van der Waals surface area contributed by atoms with Crippen LogP contribution < -0.4 is 0 Å². The van der Waals surface area contributed by atoms with Gasteiger partial charge in [-0.15, -0.1) is 14.0 Å². The Bertz CT molecular complexity index is 424. The van der Waals surface area contributed by atoms with Gasteiger partial charge in [0.15, 0.2) is 0 Å². The van der Waals surface area contributed by atoms with Crippen molar-refractivity contribution in [2.45, 2.75) is 26.3 Å². The van der Waals surface area contributed by atoms with Crippen LogP contribution in [0.3, 0.4) is 0 Å². The molecule has 0 spiro atoms. The maximum Gasteiger partial charge on any atom is 0.229 e. The number of rotatable bonds is 4. The molecule has 0 saturated heterocycles. The summed E-state index contributed by atoms with van der Waals surface area (Å²) in [7, 11) is 5.94. The van der Waals surface area contributed by atoms with Gasteiger partial charge in [0, 0.05) is 6.54 Å². The predicted octanol–water partition coefficient (Wildman–Crippen LogP) is 1.99. The Morgan fingerprint density at radius 2 is 2.35 bits per heavy atom. The third-order valence-electron chi connectivity index (χ3n) is 2.67. The number of nitrogens with zero attached hydrogens (tertiary/aromatic N) is 4. The fourth-order valence-electron chi connectivity index (χ4n) is 1.84. The first-order chi connectivity index (χ1) is 8.17. The molecule has 0 aromatic carbocycles. The van der Waals surface area contributed by atoms with Crippen molar-refractivity contribution in [2.24, 2.45) is 0 Å². The summed E-state index contributed by atoms with van der Waals surface area (Å²) in [5, 5.41) is 8.32. The van der Waals surface area contributed by atoms with Crippen LogP contribution in [0.15, 0.2) is 0 Å². The quantitative estimate of drug-likeness (QED) is 0.799. The van der Waals surface area contributed by atoms with Gasteiger partial charge >= 0.3 is 0 Å². The average molecular weight is 308 g/mol. The molecule has 1 amide bonds. The summed E-state index contributed by atoms with van der Waals surface area (Å²) < 4.78 is 2.00. The zero-order chi connectivity index (χ0) is 12.4. The van der Waals surface area contributed by atoms with Crippen LogP contribution in [-0.4, -0.2) is 32.1 Å². The molecule has 5 nitrogen and oxygen atoms in total. The van der Waals surface area contributed by atoms with Gasteiger partial charge in [-0.05, 0) is 14.4 Å². The monoisotopic (exact) mass is 308 g/mol. The summed E-state index contributed by atoms with van der Waals surface area (Å²) in [6.07, 6.45) is 1.40. The van der Waals surface area contributed by atoms with Crippen molar-refractivity contribution in [3.8, 4) is 0 Å². The van der Waals surface area contributed by atoms with Gasteiger partial charge in [-0.1, -0.05) is 21.1 Å².